The molecule has 1 aliphatic heterocycles. The molecule has 2 aromatic carbocycles. The molecule has 0 aliphatic carbocycles. The summed E-state index contributed by atoms with van der Waals surface area (Å²) in [5, 5.41) is 7.63. The van der Waals surface area contributed by atoms with Crippen LogP contribution in [0.1, 0.15) is 21.6 Å². The van der Waals surface area contributed by atoms with Crippen molar-refractivity contribution in [3.63, 3.8) is 0 Å². The van der Waals surface area contributed by atoms with E-state index < -0.39 is 0 Å². The van der Waals surface area contributed by atoms with Crippen LogP contribution < -0.4 is 4.90 Å². The van der Waals surface area contributed by atoms with Crippen molar-refractivity contribution >= 4 is 22.6 Å². The van der Waals surface area contributed by atoms with Gasteiger partial charge in [-0.25, -0.2) is 4.63 Å². The third-order valence-corrected chi connectivity index (χ3v) is 4.61. The van der Waals surface area contributed by atoms with Crippen LogP contribution in [0.2, 0.25) is 0 Å². The van der Waals surface area contributed by atoms with E-state index in [0.29, 0.717) is 23.1 Å². The van der Waals surface area contributed by atoms with E-state index >= 15 is 0 Å². The number of anilines is 1. The maximum atomic E-state index is 13.3. The lowest BCUT2D eigenvalue weighted by Gasteiger charge is -2.22. The van der Waals surface area contributed by atoms with Gasteiger partial charge in [0, 0.05) is 29.7 Å². The Hall–Kier alpha value is -3.41. The van der Waals surface area contributed by atoms with Crippen molar-refractivity contribution in [3.05, 3.63) is 77.6 Å². The predicted octanol–water partition coefficient (Wildman–Crippen LogP) is 3.23. The zero-order chi connectivity index (χ0) is 16.8. The SMILES string of the molecule is O=C(c1ccc2nonc2c1)N1Cc2cccn2Cc2ccccc21. The Balaban J connectivity index is 1.62. The van der Waals surface area contributed by atoms with Crippen molar-refractivity contribution in [2.24, 2.45) is 0 Å². The minimum atomic E-state index is -0.0630. The van der Waals surface area contributed by atoms with Crippen LogP contribution in [0.3, 0.4) is 0 Å². The Morgan fingerprint density at radius 1 is 0.960 bits per heavy atom. The van der Waals surface area contributed by atoms with Gasteiger partial charge in [-0.3, -0.25) is 4.79 Å². The monoisotopic (exact) mass is 330 g/mol. The second kappa shape index (κ2) is 5.31. The summed E-state index contributed by atoms with van der Waals surface area (Å²) < 4.78 is 6.91. The molecule has 1 aliphatic rings. The second-order valence-electron chi connectivity index (χ2n) is 6.12. The number of carbonyl (C=O) groups is 1. The van der Waals surface area contributed by atoms with Crippen molar-refractivity contribution in [3.8, 4) is 0 Å². The Bertz CT molecular complexity index is 1100. The van der Waals surface area contributed by atoms with Crippen LogP contribution in [0.4, 0.5) is 5.69 Å². The van der Waals surface area contributed by atoms with Crippen LogP contribution in [0, 0.1) is 0 Å². The maximum Gasteiger partial charge on any atom is 0.258 e. The van der Waals surface area contributed by atoms with Crippen LogP contribution in [-0.2, 0) is 13.1 Å². The number of amides is 1. The van der Waals surface area contributed by atoms with E-state index in [1.165, 1.54) is 0 Å². The highest BCUT2D eigenvalue weighted by Gasteiger charge is 2.25. The predicted molar refractivity (Wildman–Crippen MR) is 92.3 cm³/mol. The number of benzene rings is 2. The zero-order valence-corrected chi connectivity index (χ0v) is 13.3. The van der Waals surface area contributed by atoms with Gasteiger partial charge >= 0.3 is 0 Å². The topological polar surface area (TPSA) is 64.2 Å². The molecular weight excluding hydrogens is 316 g/mol. The minimum Gasteiger partial charge on any atom is -0.345 e. The summed E-state index contributed by atoms with van der Waals surface area (Å²) in [7, 11) is 0. The van der Waals surface area contributed by atoms with Crippen molar-refractivity contribution in [1.82, 2.24) is 14.9 Å². The molecule has 25 heavy (non-hydrogen) atoms. The molecular formula is C19H14N4O2. The molecule has 4 aromatic rings. The summed E-state index contributed by atoms with van der Waals surface area (Å²) in [5.74, 6) is -0.0630. The number of carbonyl (C=O) groups excluding carboxylic acids is 1. The number of hydrogen-bond donors (Lipinski definition) is 0. The first-order valence-corrected chi connectivity index (χ1v) is 8.06. The Labute approximate surface area is 143 Å². The average Bonchev–Trinajstić information content (AvgIpc) is 3.25. The first kappa shape index (κ1) is 14.0. The fourth-order valence-corrected chi connectivity index (χ4v) is 3.34. The van der Waals surface area contributed by atoms with Gasteiger partial charge in [-0.05, 0) is 52.3 Å². The molecule has 5 rings (SSSR count). The van der Waals surface area contributed by atoms with E-state index in [-0.39, 0.29) is 5.91 Å². The van der Waals surface area contributed by atoms with Gasteiger partial charge in [-0.2, -0.15) is 0 Å². The van der Waals surface area contributed by atoms with Gasteiger partial charge in [0.05, 0.1) is 6.54 Å². The molecule has 3 heterocycles. The molecule has 0 fully saturated rings. The van der Waals surface area contributed by atoms with Gasteiger partial charge in [0.1, 0.15) is 11.0 Å². The maximum absolute atomic E-state index is 13.3. The molecule has 6 nitrogen and oxygen atoms in total. The van der Waals surface area contributed by atoms with Crippen molar-refractivity contribution in [2.45, 2.75) is 13.1 Å². The molecule has 0 unspecified atom stereocenters. The van der Waals surface area contributed by atoms with E-state index in [4.69, 9.17) is 4.63 Å². The first-order valence-electron chi connectivity index (χ1n) is 8.06. The van der Waals surface area contributed by atoms with Crippen LogP contribution in [0.25, 0.3) is 11.0 Å². The number of hydrogen-bond acceptors (Lipinski definition) is 4. The van der Waals surface area contributed by atoms with Gasteiger partial charge in [-0.15, -0.1) is 0 Å². The fourth-order valence-electron chi connectivity index (χ4n) is 3.34. The Morgan fingerprint density at radius 3 is 2.80 bits per heavy atom. The van der Waals surface area contributed by atoms with Gasteiger partial charge < -0.3 is 9.47 Å². The van der Waals surface area contributed by atoms with Crippen LogP contribution in [0.15, 0.2) is 65.4 Å². The highest BCUT2D eigenvalue weighted by atomic mass is 16.6. The number of fused-ring (bicyclic) bond motifs is 3. The third kappa shape index (κ3) is 2.22. The molecule has 1 amide bonds. The highest BCUT2D eigenvalue weighted by Crippen LogP contribution is 2.29. The van der Waals surface area contributed by atoms with Gasteiger partial charge in [0.15, 0.2) is 0 Å². The number of rotatable bonds is 1. The fraction of sp³-hybridized carbons (Fsp3) is 0.105. The molecule has 2 aromatic heterocycles. The van der Waals surface area contributed by atoms with E-state index in [0.717, 1.165) is 23.5 Å². The molecule has 0 radical (unpaired) electrons. The third-order valence-electron chi connectivity index (χ3n) is 4.61. The lowest BCUT2D eigenvalue weighted by Crippen LogP contribution is -2.30. The van der Waals surface area contributed by atoms with Crippen molar-refractivity contribution in [2.75, 3.05) is 4.90 Å². The average molecular weight is 330 g/mol. The molecule has 0 atom stereocenters. The smallest absolute Gasteiger partial charge is 0.258 e. The number of aromatic nitrogens is 3. The minimum absolute atomic E-state index is 0.0630. The van der Waals surface area contributed by atoms with Crippen LogP contribution in [0.5, 0.6) is 0 Å². The summed E-state index contributed by atoms with van der Waals surface area (Å²) in [6.07, 6.45) is 2.05. The normalized spacial score (nSPS) is 13.4. The molecule has 0 spiro atoms. The summed E-state index contributed by atoms with van der Waals surface area (Å²) in [6, 6.07) is 17.3. The summed E-state index contributed by atoms with van der Waals surface area (Å²) >= 11 is 0. The number of nitrogens with zero attached hydrogens (tertiary/aromatic N) is 4. The second-order valence-corrected chi connectivity index (χ2v) is 6.12. The van der Waals surface area contributed by atoms with Gasteiger partial charge in [0.25, 0.3) is 5.91 Å². The molecule has 0 bridgehead atoms. The van der Waals surface area contributed by atoms with Crippen LogP contribution >= 0.6 is 0 Å². The van der Waals surface area contributed by atoms with Crippen molar-refractivity contribution < 1.29 is 9.42 Å². The quantitative estimate of drug-likeness (QED) is 0.537. The molecule has 0 saturated heterocycles. The van der Waals surface area contributed by atoms with Gasteiger partial charge in [-0.1, -0.05) is 18.2 Å². The van der Waals surface area contributed by atoms with E-state index in [9.17, 15) is 4.79 Å². The molecule has 0 N–H and O–H groups in total. The lowest BCUT2D eigenvalue weighted by atomic mass is 10.1. The van der Waals surface area contributed by atoms with E-state index in [2.05, 4.69) is 27.0 Å². The van der Waals surface area contributed by atoms with Gasteiger partial charge in [0.2, 0.25) is 0 Å². The van der Waals surface area contributed by atoms with Crippen LogP contribution in [-0.4, -0.2) is 20.8 Å². The Kier molecular flexibility index (Phi) is 2.97. The first-order chi connectivity index (χ1) is 12.3. The zero-order valence-electron chi connectivity index (χ0n) is 13.3. The molecule has 122 valence electrons. The summed E-state index contributed by atoms with van der Waals surface area (Å²) in [4.78, 5) is 15.1. The number of para-hydroxylation sites is 1. The molecule has 0 saturated carbocycles. The largest absolute Gasteiger partial charge is 0.345 e. The Morgan fingerprint density at radius 2 is 1.84 bits per heavy atom. The lowest BCUT2D eigenvalue weighted by molar-refractivity contribution is 0.0985. The highest BCUT2D eigenvalue weighted by molar-refractivity contribution is 6.07. The summed E-state index contributed by atoms with van der Waals surface area (Å²) in [5.41, 5.74) is 4.95. The van der Waals surface area contributed by atoms with E-state index in [1.807, 2.05) is 35.4 Å². The summed E-state index contributed by atoms with van der Waals surface area (Å²) in [6.45, 7) is 1.28. The van der Waals surface area contributed by atoms with E-state index in [1.54, 1.807) is 18.2 Å². The molecule has 6 heteroatoms. The van der Waals surface area contributed by atoms with Crippen molar-refractivity contribution in [1.29, 1.82) is 0 Å². The standard InChI is InChI=1S/C19H14N4O2/c24-19(13-7-8-16-17(10-13)21-25-20-16)23-12-15-5-3-9-22(15)11-14-4-1-2-6-18(14)23/h1-10H,11-12H2.